The number of carbonyl (C=O) groups excluding carboxylic acids is 1. The summed E-state index contributed by atoms with van der Waals surface area (Å²) in [5.41, 5.74) is 0. The van der Waals surface area contributed by atoms with E-state index in [4.69, 9.17) is 11.6 Å². The minimum absolute atomic E-state index is 0.0810. The molecule has 0 radical (unpaired) electrons. The van der Waals surface area contributed by atoms with E-state index in [0.717, 1.165) is 19.3 Å². The monoisotopic (exact) mass is 245 g/mol. The third-order valence-corrected chi connectivity index (χ3v) is 3.88. The maximum atomic E-state index is 11.9. The predicted molar refractivity (Wildman–Crippen MR) is 68.8 cm³/mol. The van der Waals surface area contributed by atoms with Crippen molar-refractivity contribution in [2.75, 3.05) is 6.54 Å². The van der Waals surface area contributed by atoms with Crippen LogP contribution < -0.4 is 5.32 Å². The fourth-order valence-corrected chi connectivity index (χ4v) is 2.30. The average Bonchev–Trinajstić information content (AvgIpc) is 2.25. The van der Waals surface area contributed by atoms with E-state index in [-0.39, 0.29) is 17.2 Å². The maximum absolute atomic E-state index is 11.9. The van der Waals surface area contributed by atoms with E-state index in [0.29, 0.717) is 6.54 Å². The molecule has 1 atom stereocenters. The summed E-state index contributed by atoms with van der Waals surface area (Å²) in [5.74, 6) is 0.460. The molecule has 2 nitrogen and oxygen atoms in total. The molecule has 0 heterocycles. The first-order chi connectivity index (χ1) is 7.74. The molecule has 0 aliphatic heterocycles. The molecule has 0 aromatic rings. The van der Waals surface area contributed by atoms with Crippen molar-refractivity contribution in [1.29, 1.82) is 0 Å². The van der Waals surface area contributed by atoms with Crippen LogP contribution in [0, 0.1) is 5.92 Å². The lowest BCUT2D eigenvalue weighted by atomic mass is 9.90. The van der Waals surface area contributed by atoms with E-state index >= 15 is 0 Å². The summed E-state index contributed by atoms with van der Waals surface area (Å²) in [6.45, 7) is 2.66. The summed E-state index contributed by atoms with van der Waals surface area (Å²) in [6, 6.07) is 0. The lowest BCUT2D eigenvalue weighted by Gasteiger charge is -2.19. The van der Waals surface area contributed by atoms with Gasteiger partial charge in [0.15, 0.2) is 0 Å². The van der Waals surface area contributed by atoms with Crippen molar-refractivity contribution in [2.45, 2.75) is 63.7 Å². The molecular weight excluding hydrogens is 222 g/mol. The highest BCUT2D eigenvalue weighted by atomic mass is 35.5. The second kappa shape index (κ2) is 7.94. The first kappa shape index (κ1) is 13.8. The van der Waals surface area contributed by atoms with Crippen molar-refractivity contribution in [3.8, 4) is 0 Å². The molecule has 1 fully saturated rings. The average molecular weight is 246 g/mol. The summed E-state index contributed by atoms with van der Waals surface area (Å²) in [7, 11) is 0. The number of amides is 1. The number of nitrogens with one attached hydrogen (secondary N) is 1. The first-order valence-electron chi connectivity index (χ1n) is 6.65. The topological polar surface area (TPSA) is 29.1 Å². The number of carbonyl (C=O) groups is 1. The van der Waals surface area contributed by atoms with Gasteiger partial charge in [-0.2, -0.15) is 0 Å². The quantitative estimate of drug-likeness (QED) is 0.755. The van der Waals surface area contributed by atoms with Crippen LogP contribution in [0.4, 0.5) is 0 Å². The molecule has 0 saturated heterocycles. The molecule has 0 bridgehead atoms. The Kier molecular flexibility index (Phi) is 6.86. The summed E-state index contributed by atoms with van der Waals surface area (Å²) >= 11 is 5.99. The normalized spacial score (nSPS) is 20.9. The molecule has 1 unspecified atom stereocenters. The fraction of sp³-hybridized carbons (Fsp3) is 0.923. The third kappa shape index (κ3) is 5.20. The number of hydrogen-bond donors (Lipinski definition) is 1. The van der Waals surface area contributed by atoms with E-state index in [1.165, 1.54) is 32.1 Å². The van der Waals surface area contributed by atoms with Crippen molar-refractivity contribution in [3.05, 3.63) is 0 Å². The van der Waals surface area contributed by atoms with Crippen molar-refractivity contribution >= 4 is 17.5 Å². The van der Waals surface area contributed by atoms with Crippen LogP contribution >= 0.6 is 11.6 Å². The Morgan fingerprint density at radius 2 is 1.81 bits per heavy atom. The molecule has 3 heteroatoms. The van der Waals surface area contributed by atoms with E-state index in [1.807, 2.05) is 6.92 Å². The largest absolute Gasteiger partial charge is 0.354 e. The fourth-order valence-electron chi connectivity index (χ4n) is 2.22. The third-order valence-electron chi connectivity index (χ3n) is 3.42. The molecule has 1 N–H and O–H groups in total. The molecule has 1 aliphatic rings. The van der Waals surface area contributed by atoms with Crippen LogP contribution in [0.15, 0.2) is 0 Å². The summed E-state index contributed by atoms with van der Waals surface area (Å²) in [4.78, 5) is 11.9. The molecule has 0 aromatic carbocycles. The van der Waals surface area contributed by atoms with Crippen LogP contribution in [-0.4, -0.2) is 17.8 Å². The van der Waals surface area contributed by atoms with Gasteiger partial charge in [-0.15, -0.1) is 11.6 Å². The molecule has 0 spiro atoms. The minimum Gasteiger partial charge on any atom is -0.354 e. The van der Waals surface area contributed by atoms with Crippen molar-refractivity contribution in [1.82, 2.24) is 5.32 Å². The van der Waals surface area contributed by atoms with E-state index < -0.39 is 0 Å². The van der Waals surface area contributed by atoms with Gasteiger partial charge in [0.05, 0.1) is 5.38 Å². The molecule has 0 aromatic heterocycles. The van der Waals surface area contributed by atoms with Gasteiger partial charge in [-0.05, 0) is 19.3 Å². The maximum Gasteiger partial charge on any atom is 0.223 e. The van der Waals surface area contributed by atoms with Gasteiger partial charge in [-0.3, -0.25) is 4.79 Å². The predicted octanol–water partition coefficient (Wildman–Crippen LogP) is 3.48. The minimum atomic E-state index is 0.0810. The highest BCUT2D eigenvalue weighted by molar-refractivity contribution is 6.20. The van der Waals surface area contributed by atoms with Crippen molar-refractivity contribution in [2.24, 2.45) is 5.92 Å². The lowest BCUT2D eigenvalue weighted by molar-refractivity contribution is -0.125. The van der Waals surface area contributed by atoms with E-state index in [2.05, 4.69) is 5.32 Å². The lowest BCUT2D eigenvalue weighted by Crippen LogP contribution is -2.35. The van der Waals surface area contributed by atoms with Gasteiger partial charge in [0.1, 0.15) is 0 Å². The molecule has 94 valence electrons. The van der Waals surface area contributed by atoms with Gasteiger partial charge >= 0.3 is 0 Å². The summed E-state index contributed by atoms with van der Waals surface area (Å²) in [5, 5.41) is 3.06. The van der Waals surface area contributed by atoms with Crippen molar-refractivity contribution < 1.29 is 4.79 Å². The van der Waals surface area contributed by atoms with Crippen LogP contribution in [0.2, 0.25) is 0 Å². The molecular formula is C13H24ClNO. The van der Waals surface area contributed by atoms with Gasteiger partial charge in [0.2, 0.25) is 5.91 Å². The Bertz CT molecular complexity index is 200. The van der Waals surface area contributed by atoms with Crippen LogP contribution in [0.3, 0.4) is 0 Å². The highest BCUT2D eigenvalue weighted by Crippen LogP contribution is 2.22. The Labute approximate surface area is 104 Å². The summed E-state index contributed by atoms with van der Waals surface area (Å²) < 4.78 is 0. The molecule has 1 aliphatic carbocycles. The van der Waals surface area contributed by atoms with Crippen molar-refractivity contribution in [3.63, 3.8) is 0 Å². The molecule has 16 heavy (non-hydrogen) atoms. The first-order valence-corrected chi connectivity index (χ1v) is 7.09. The van der Waals surface area contributed by atoms with Crippen LogP contribution in [-0.2, 0) is 4.79 Å². The second-order valence-corrected chi connectivity index (χ2v) is 5.41. The highest BCUT2D eigenvalue weighted by Gasteiger charge is 2.19. The van der Waals surface area contributed by atoms with E-state index in [9.17, 15) is 4.79 Å². The Morgan fingerprint density at radius 1 is 1.25 bits per heavy atom. The number of rotatable bonds is 4. The van der Waals surface area contributed by atoms with Gasteiger partial charge < -0.3 is 5.32 Å². The van der Waals surface area contributed by atoms with Gasteiger partial charge in [0, 0.05) is 12.5 Å². The zero-order valence-corrected chi connectivity index (χ0v) is 11.1. The Morgan fingerprint density at radius 3 is 2.38 bits per heavy atom. The van der Waals surface area contributed by atoms with Gasteiger partial charge in [-0.25, -0.2) is 0 Å². The van der Waals surface area contributed by atoms with Gasteiger partial charge in [0.25, 0.3) is 0 Å². The van der Waals surface area contributed by atoms with Crippen LogP contribution in [0.1, 0.15) is 58.3 Å². The SMILES string of the molecule is CCC(Cl)CNC(=O)C1CCCCCCC1. The Hall–Kier alpha value is -0.240. The second-order valence-electron chi connectivity index (χ2n) is 4.79. The molecule has 1 saturated carbocycles. The summed E-state index contributed by atoms with van der Waals surface area (Å²) in [6.07, 6.45) is 9.36. The van der Waals surface area contributed by atoms with Crippen LogP contribution in [0.25, 0.3) is 0 Å². The Balaban J connectivity index is 2.27. The zero-order chi connectivity index (χ0) is 11.8. The molecule has 1 rings (SSSR count). The smallest absolute Gasteiger partial charge is 0.223 e. The number of alkyl halides is 1. The number of halogens is 1. The number of hydrogen-bond acceptors (Lipinski definition) is 1. The van der Waals surface area contributed by atoms with E-state index in [1.54, 1.807) is 0 Å². The molecule has 1 amide bonds. The van der Waals surface area contributed by atoms with Crippen LogP contribution in [0.5, 0.6) is 0 Å². The zero-order valence-electron chi connectivity index (χ0n) is 10.3. The standard InChI is InChI=1S/C13H24ClNO/c1-2-12(14)10-15-13(16)11-8-6-4-3-5-7-9-11/h11-12H,2-10H2,1H3,(H,15,16). The van der Waals surface area contributed by atoms with Gasteiger partial charge in [-0.1, -0.05) is 39.0 Å².